The fourth-order valence-corrected chi connectivity index (χ4v) is 3.39. The molecule has 0 amide bonds. The van der Waals surface area contributed by atoms with Crippen molar-refractivity contribution < 1.29 is 23.5 Å². The van der Waals surface area contributed by atoms with E-state index in [9.17, 15) is 9.36 Å². The van der Waals surface area contributed by atoms with Gasteiger partial charge < -0.3 is 5.11 Å². The molecule has 0 aliphatic heterocycles. The third kappa shape index (κ3) is 8.37. The second-order valence-electron chi connectivity index (χ2n) is 5.46. The van der Waals surface area contributed by atoms with Crippen LogP contribution in [0.1, 0.15) is 48.0 Å². The lowest BCUT2D eigenvalue weighted by atomic mass is 10.1. The zero-order valence-corrected chi connectivity index (χ0v) is 13.4. The summed E-state index contributed by atoms with van der Waals surface area (Å²) in [6, 6.07) is -0.955. The first-order chi connectivity index (χ1) is 8.55. The van der Waals surface area contributed by atoms with E-state index in [2.05, 4.69) is 5.09 Å². The van der Waals surface area contributed by atoms with Gasteiger partial charge in [0, 0.05) is 0 Å². The number of nitrogens with one attached hydrogen (secondary N) is 1. The molecule has 6 nitrogen and oxygen atoms in total. The summed E-state index contributed by atoms with van der Waals surface area (Å²) in [5, 5.41) is 11.7. The van der Waals surface area contributed by atoms with Crippen molar-refractivity contribution in [1.82, 2.24) is 5.09 Å². The van der Waals surface area contributed by atoms with Crippen LogP contribution in [0.5, 0.6) is 0 Å². The summed E-state index contributed by atoms with van der Waals surface area (Å²) in [6.07, 6.45) is -0.307. The fourth-order valence-electron chi connectivity index (χ4n) is 1.51. The zero-order valence-electron chi connectivity index (χ0n) is 12.5. The van der Waals surface area contributed by atoms with Gasteiger partial charge in [-0.15, -0.1) is 0 Å². The molecule has 0 aromatic carbocycles. The van der Waals surface area contributed by atoms with Crippen LogP contribution in [0.25, 0.3) is 0 Å². The number of carboxylic acid groups (broad SMARTS) is 1. The summed E-state index contributed by atoms with van der Waals surface area (Å²) in [6.45, 7) is 10.7. The van der Waals surface area contributed by atoms with Gasteiger partial charge in [-0.2, -0.15) is 0 Å². The molecular formula is C12H26NO5P. The molecule has 0 rings (SSSR count). The predicted octanol–water partition coefficient (Wildman–Crippen LogP) is 3.03. The molecule has 2 N–H and O–H groups in total. The minimum Gasteiger partial charge on any atom is -0.480 e. The van der Waals surface area contributed by atoms with Crippen molar-refractivity contribution in [2.24, 2.45) is 5.92 Å². The average molecular weight is 295 g/mol. The Hall–Kier alpha value is -0.420. The molecule has 0 fully saturated rings. The van der Waals surface area contributed by atoms with E-state index in [4.69, 9.17) is 14.2 Å². The van der Waals surface area contributed by atoms with Crippen LogP contribution in [-0.2, 0) is 18.4 Å². The number of rotatable bonds is 9. The van der Waals surface area contributed by atoms with Gasteiger partial charge in [0.1, 0.15) is 6.04 Å². The molecule has 0 heterocycles. The quantitative estimate of drug-likeness (QED) is 0.636. The van der Waals surface area contributed by atoms with Crippen LogP contribution in [0.15, 0.2) is 0 Å². The predicted molar refractivity (Wildman–Crippen MR) is 74.1 cm³/mol. The Labute approximate surface area is 115 Å². The van der Waals surface area contributed by atoms with E-state index in [0.717, 1.165) is 0 Å². The van der Waals surface area contributed by atoms with Gasteiger partial charge in [0.15, 0.2) is 0 Å². The van der Waals surface area contributed by atoms with Crippen molar-refractivity contribution in [1.29, 1.82) is 0 Å². The van der Waals surface area contributed by atoms with Crippen LogP contribution in [0.3, 0.4) is 0 Å². The molecule has 0 saturated heterocycles. The molecule has 0 aliphatic carbocycles. The lowest BCUT2D eigenvalue weighted by Gasteiger charge is -2.26. The van der Waals surface area contributed by atoms with E-state index in [-0.39, 0.29) is 18.1 Å². The fraction of sp³-hybridized carbons (Fsp3) is 0.917. The molecule has 0 unspecified atom stereocenters. The highest BCUT2D eigenvalue weighted by molar-refractivity contribution is 7.51. The molecule has 0 saturated carbocycles. The molecular weight excluding hydrogens is 269 g/mol. The third-order valence-corrected chi connectivity index (χ3v) is 4.04. The maximum atomic E-state index is 12.5. The van der Waals surface area contributed by atoms with Crippen LogP contribution >= 0.6 is 7.75 Å². The maximum absolute atomic E-state index is 12.5. The topological polar surface area (TPSA) is 84.9 Å². The molecule has 1 atom stereocenters. The number of aliphatic carboxylic acids is 1. The Morgan fingerprint density at radius 3 is 1.79 bits per heavy atom. The van der Waals surface area contributed by atoms with Gasteiger partial charge in [-0.1, -0.05) is 13.8 Å². The summed E-state index contributed by atoms with van der Waals surface area (Å²) in [7, 11) is -3.63. The summed E-state index contributed by atoms with van der Waals surface area (Å²) in [5.74, 6) is -0.909. The zero-order chi connectivity index (χ0) is 15.2. The Kier molecular flexibility index (Phi) is 7.82. The van der Waals surface area contributed by atoms with E-state index in [1.54, 1.807) is 27.7 Å². The number of hydrogen-bond donors (Lipinski definition) is 2. The summed E-state index contributed by atoms with van der Waals surface area (Å²) >= 11 is 0. The van der Waals surface area contributed by atoms with Crippen molar-refractivity contribution in [2.75, 3.05) is 0 Å². The molecule has 19 heavy (non-hydrogen) atoms. The molecule has 0 bridgehead atoms. The van der Waals surface area contributed by atoms with Gasteiger partial charge in [0.2, 0.25) is 0 Å². The van der Waals surface area contributed by atoms with Gasteiger partial charge in [-0.3, -0.25) is 13.8 Å². The minimum absolute atomic E-state index is 0.153. The van der Waals surface area contributed by atoms with Crippen molar-refractivity contribution in [3.63, 3.8) is 0 Å². The van der Waals surface area contributed by atoms with Gasteiger partial charge in [-0.25, -0.2) is 9.65 Å². The van der Waals surface area contributed by atoms with Crippen molar-refractivity contribution in [2.45, 2.75) is 66.2 Å². The molecule has 0 aliphatic rings. The lowest BCUT2D eigenvalue weighted by molar-refractivity contribution is -0.139. The Morgan fingerprint density at radius 1 is 1.11 bits per heavy atom. The first-order valence-corrected chi connectivity index (χ1v) is 8.07. The maximum Gasteiger partial charge on any atom is 0.406 e. The van der Waals surface area contributed by atoms with Crippen LogP contribution in [0.2, 0.25) is 0 Å². The molecule has 0 aromatic rings. The first-order valence-electron chi connectivity index (χ1n) is 6.53. The molecule has 0 spiro atoms. The highest BCUT2D eigenvalue weighted by Gasteiger charge is 2.34. The van der Waals surface area contributed by atoms with Crippen LogP contribution < -0.4 is 5.09 Å². The SMILES string of the molecule is CC(C)C[C@H](NP(=O)(OC(C)C)OC(C)C)C(=O)O. The molecule has 7 heteroatoms. The normalized spacial score (nSPS) is 14.4. The van der Waals surface area contributed by atoms with E-state index in [1.165, 1.54) is 0 Å². The third-order valence-electron chi connectivity index (χ3n) is 2.02. The minimum atomic E-state index is -3.63. The second-order valence-corrected chi connectivity index (χ2v) is 7.13. The number of carboxylic acids is 1. The van der Waals surface area contributed by atoms with Crippen molar-refractivity contribution in [3.8, 4) is 0 Å². The Bertz CT molecular complexity index is 316. The second kappa shape index (κ2) is 8.00. The largest absolute Gasteiger partial charge is 0.480 e. The number of carbonyl (C=O) groups is 1. The highest BCUT2D eigenvalue weighted by atomic mass is 31.2. The molecule has 114 valence electrons. The monoisotopic (exact) mass is 295 g/mol. The summed E-state index contributed by atoms with van der Waals surface area (Å²) < 4.78 is 23.1. The van der Waals surface area contributed by atoms with Gasteiger partial charge in [0.05, 0.1) is 12.2 Å². The smallest absolute Gasteiger partial charge is 0.406 e. The highest BCUT2D eigenvalue weighted by Crippen LogP contribution is 2.47. The average Bonchev–Trinajstić information content (AvgIpc) is 2.11. The van der Waals surface area contributed by atoms with Crippen LogP contribution in [-0.4, -0.2) is 29.3 Å². The lowest BCUT2D eigenvalue weighted by Crippen LogP contribution is -2.37. The Balaban J connectivity index is 4.94. The van der Waals surface area contributed by atoms with Crippen LogP contribution in [0, 0.1) is 5.92 Å². The molecule has 0 radical (unpaired) electrons. The summed E-state index contributed by atoms with van der Waals surface area (Å²) in [4.78, 5) is 11.2. The van der Waals surface area contributed by atoms with Crippen molar-refractivity contribution >= 4 is 13.7 Å². The first kappa shape index (κ1) is 18.6. The van der Waals surface area contributed by atoms with E-state index in [0.29, 0.717) is 6.42 Å². The summed E-state index contributed by atoms with van der Waals surface area (Å²) in [5.41, 5.74) is 0. The van der Waals surface area contributed by atoms with Crippen LogP contribution in [0.4, 0.5) is 0 Å². The van der Waals surface area contributed by atoms with E-state index < -0.39 is 19.8 Å². The van der Waals surface area contributed by atoms with Gasteiger partial charge in [0.25, 0.3) is 0 Å². The Morgan fingerprint density at radius 2 is 1.53 bits per heavy atom. The van der Waals surface area contributed by atoms with E-state index >= 15 is 0 Å². The van der Waals surface area contributed by atoms with Gasteiger partial charge >= 0.3 is 13.7 Å². The number of hydrogen-bond acceptors (Lipinski definition) is 4. The standard InChI is InChI=1S/C12H26NO5P/c1-8(2)7-11(12(14)15)13-19(16,17-9(3)4)18-10(5)6/h8-11H,7H2,1-6H3,(H,13,16)(H,14,15)/t11-/m0/s1. The van der Waals surface area contributed by atoms with Gasteiger partial charge in [-0.05, 0) is 40.0 Å². The van der Waals surface area contributed by atoms with E-state index in [1.807, 2.05) is 13.8 Å². The molecule has 0 aromatic heterocycles. The van der Waals surface area contributed by atoms with Crippen molar-refractivity contribution in [3.05, 3.63) is 0 Å².